The number of hydrogen-bond donors (Lipinski definition) is 3. The van der Waals surface area contributed by atoms with E-state index in [4.69, 9.17) is 4.42 Å². The van der Waals surface area contributed by atoms with Gasteiger partial charge in [0.1, 0.15) is 17.1 Å². The van der Waals surface area contributed by atoms with E-state index in [1.54, 1.807) is 43.4 Å². The lowest BCUT2D eigenvalue weighted by Crippen LogP contribution is -2.29. The summed E-state index contributed by atoms with van der Waals surface area (Å²) in [6.07, 6.45) is 3.49. The van der Waals surface area contributed by atoms with E-state index >= 15 is 0 Å². The molecule has 0 aliphatic carbocycles. The molecule has 2 aromatic carbocycles. The Bertz CT molecular complexity index is 1110. The van der Waals surface area contributed by atoms with Crippen LogP contribution in [0.4, 0.5) is 5.69 Å². The molecule has 0 spiro atoms. The highest BCUT2D eigenvalue weighted by Gasteiger charge is 2.26. The van der Waals surface area contributed by atoms with Gasteiger partial charge in [0.2, 0.25) is 5.91 Å². The highest BCUT2D eigenvalue weighted by molar-refractivity contribution is 6.12. The van der Waals surface area contributed by atoms with Crippen LogP contribution in [0, 0.1) is 0 Å². The Morgan fingerprint density at radius 2 is 1.77 bits per heavy atom. The van der Waals surface area contributed by atoms with Crippen LogP contribution >= 0.6 is 0 Å². The fraction of sp³-hybridized carbons (Fsp3) is 0.333. The van der Waals surface area contributed by atoms with E-state index < -0.39 is 0 Å². The van der Waals surface area contributed by atoms with Crippen LogP contribution in [0.3, 0.4) is 0 Å². The van der Waals surface area contributed by atoms with Crippen molar-refractivity contribution in [1.82, 2.24) is 10.2 Å². The minimum atomic E-state index is -0.273. The predicted octanol–water partition coefficient (Wildman–Crippen LogP) is 4.11. The van der Waals surface area contributed by atoms with Gasteiger partial charge in [-0.1, -0.05) is 6.42 Å². The van der Waals surface area contributed by atoms with Crippen molar-refractivity contribution in [2.45, 2.75) is 32.7 Å². The first kappa shape index (κ1) is 20.9. The van der Waals surface area contributed by atoms with Crippen LogP contribution in [0.2, 0.25) is 0 Å². The molecule has 7 heteroatoms. The van der Waals surface area contributed by atoms with Crippen molar-refractivity contribution in [2.75, 3.05) is 25.5 Å². The first-order valence-electron chi connectivity index (χ1n) is 10.6. The summed E-state index contributed by atoms with van der Waals surface area (Å²) < 4.78 is 6.14. The van der Waals surface area contributed by atoms with E-state index in [2.05, 4.69) is 15.5 Å². The fourth-order valence-corrected chi connectivity index (χ4v) is 4.20. The summed E-state index contributed by atoms with van der Waals surface area (Å²) in [6.45, 7) is 3.96. The number of rotatable bonds is 5. The highest BCUT2D eigenvalue weighted by atomic mass is 16.3. The van der Waals surface area contributed by atoms with Crippen molar-refractivity contribution in [3.05, 3.63) is 47.5 Å². The quantitative estimate of drug-likeness (QED) is 0.576. The second-order valence-corrected chi connectivity index (χ2v) is 7.92. The molecule has 1 aliphatic heterocycles. The summed E-state index contributed by atoms with van der Waals surface area (Å²) in [7, 11) is 1.58. The van der Waals surface area contributed by atoms with E-state index in [0.29, 0.717) is 45.7 Å². The van der Waals surface area contributed by atoms with Gasteiger partial charge in [-0.05, 0) is 62.3 Å². The number of carbonyl (C=O) groups excluding carboxylic acids is 2. The Kier molecular flexibility index (Phi) is 5.95. The van der Waals surface area contributed by atoms with Gasteiger partial charge in [-0.3, -0.25) is 14.5 Å². The maximum absolute atomic E-state index is 12.9. The standard InChI is InChI=1S/C24H27N3O4/c1-15(28)26-17-8-6-16(7-9-17)23-22(24(30)25-2)21-18(14-27-12-4-3-5-13-27)19(29)10-11-20(21)31-23/h6-11,29H,3-5,12-14H2,1-2H3,(H,25,30)(H,26,28). The minimum absolute atomic E-state index is 0.152. The van der Waals surface area contributed by atoms with Crippen LogP contribution in [-0.2, 0) is 11.3 Å². The maximum atomic E-state index is 12.9. The average molecular weight is 421 g/mol. The minimum Gasteiger partial charge on any atom is -0.508 e. The van der Waals surface area contributed by atoms with Gasteiger partial charge in [-0.25, -0.2) is 0 Å². The van der Waals surface area contributed by atoms with Crippen molar-refractivity contribution in [1.29, 1.82) is 0 Å². The normalized spacial score (nSPS) is 14.5. The molecule has 0 bridgehead atoms. The number of phenols is 1. The third-order valence-electron chi connectivity index (χ3n) is 5.69. The second kappa shape index (κ2) is 8.81. The topological polar surface area (TPSA) is 94.8 Å². The number of piperidine rings is 1. The van der Waals surface area contributed by atoms with Gasteiger partial charge in [0.05, 0.1) is 5.56 Å². The molecule has 0 atom stereocenters. The Labute approximate surface area is 181 Å². The number of fused-ring (bicyclic) bond motifs is 1. The third-order valence-corrected chi connectivity index (χ3v) is 5.69. The van der Waals surface area contributed by atoms with E-state index in [1.807, 2.05) is 0 Å². The van der Waals surface area contributed by atoms with Crippen LogP contribution in [0.1, 0.15) is 42.1 Å². The number of nitrogens with zero attached hydrogens (tertiary/aromatic N) is 1. The SMILES string of the molecule is CNC(=O)c1c(-c2ccc(NC(C)=O)cc2)oc2ccc(O)c(CN3CCCCC3)c12. The second-order valence-electron chi connectivity index (χ2n) is 7.92. The number of nitrogens with one attached hydrogen (secondary N) is 2. The molecule has 2 amide bonds. The third kappa shape index (κ3) is 4.27. The molecule has 162 valence electrons. The van der Waals surface area contributed by atoms with Gasteiger partial charge >= 0.3 is 0 Å². The fourth-order valence-electron chi connectivity index (χ4n) is 4.20. The van der Waals surface area contributed by atoms with Crippen LogP contribution in [0.25, 0.3) is 22.3 Å². The number of hydrogen-bond acceptors (Lipinski definition) is 5. The molecule has 1 saturated heterocycles. The molecule has 3 N–H and O–H groups in total. The lowest BCUT2D eigenvalue weighted by Gasteiger charge is -2.27. The number of benzene rings is 2. The monoisotopic (exact) mass is 421 g/mol. The number of phenolic OH excluding ortho intramolecular Hbond substituents is 1. The smallest absolute Gasteiger partial charge is 0.255 e. The molecule has 0 saturated carbocycles. The van der Waals surface area contributed by atoms with E-state index in [-0.39, 0.29) is 17.6 Å². The molecule has 2 heterocycles. The highest BCUT2D eigenvalue weighted by Crippen LogP contribution is 2.39. The number of anilines is 1. The van der Waals surface area contributed by atoms with Crippen molar-refractivity contribution >= 4 is 28.5 Å². The van der Waals surface area contributed by atoms with E-state index in [9.17, 15) is 14.7 Å². The Hall–Kier alpha value is -3.32. The van der Waals surface area contributed by atoms with Crippen molar-refractivity contribution in [2.24, 2.45) is 0 Å². The lowest BCUT2D eigenvalue weighted by molar-refractivity contribution is -0.114. The van der Waals surface area contributed by atoms with Gasteiger partial charge < -0.3 is 20.2 Å². The van der Waals surface area contributed by atoms with Crippen LogP contribution in [0.15, 0.2) is 40.8 Å². The molecule has 3 aromatic rings. The van der Waals surface area contributed by atoms with Crippen LogP contribution < -0.4 is 10.6 Å². The predicted molar refractivity (Wildman–Crippen MR) is 120 cm³/mol. The van der Waals surface area contributed by atoms with Crippen LogP contribution in [-0.4, -0.2) is 42.0 Å². The average Bonchev–Trinajstić information content (AvgIpc) is 3.16. The lowest BCUT2D eigenvalue weighted by atomic mass is 9.99. The molecular weight excluding hydrogens is 394 g/mol. The molecule has 1 fully saturated rings. The van der Waals surface area contributed by atoms with Crippen LogP contribution in [0.5, 0.6) is 5.75 Å². The Balaban J connectivity index is 1.83. The van der Waals surface area contributed by atoms with Gasteiger partial charge in [0, 0.05) is 42.7 Å². The summed E-state index contributed by atoms with van der Waals surface area (Å²) >= 11 is 0. The van der Waals surface area contributed by atoms with E-state index in [1.165, 1.54) is 13.3 Å². The van der Waals surface area contributed by atoms with Gasteiger partial charge in [0.15, 0.2) is 0 Å². The molecule has 31 heavy (non-hydrogen) atoms. The number of furan rings is 1. The maximum Gasteiger partial charge on any atom is 0.255 e. The number of likely N-dealkylation sites (tertiary alicyclic amines) is 1. The summed E-state index contributed by atoms with van der Waals surface area (Å²) in [5.74, 6) is 0.177. The number of aromatic hydroxyl groups is 1. The molecule has 0 radical (unpaired) electrons. The Morgan fingerprint density at radius 3 is 2.42 bits per heavy atom. The van der Waals surface area contributed by atoms with Gasteiger partial charge in [-0.2, -0.15) is 0 Å². The zero-order valence-electron chi connectivity index (χ0n) is 17.8. The van der Waals surface area contributed by atoms with Crippen molar-refractivity contribution in [3.63, 3.8) is 0 Å². The van der Waals surface area contributed by atoms with Crippen molar-refractivity contribution in [3.8, 4) is 17.1 Å². The summed E-state index contributed by atoms with van der Waals surface area (Å²) in [6, 6.07) is 10.5. The van der Waals surface area contributed by atoms with Gasteiger partial charge in [-0.15, -0.1) is 0 Å². The van der Waals surface area contributed by atoms with Gasteiger partial charge in [0.25, 0.3) is 5.91 Å². The molecule has 1 aliphatic rings. The zero-order valence-corrected chi connectivity index (χ0v) is 17.8. The molecule has 1 aromatic heterocycles. The number of amides is 2. The molecule has 4 rings (SSSR count). The first-order chi connectivity index (χ1) is 15.0. The van der Waals surface area contributed by atoms with Crippen molar-refractivity contribution < 1.29 is 19.1 Å². The largest absolute Gasteiger partial charge is 0.508 e. The Morgan fingerprint density at radius 1 is 1.06 bits per heavy atom. The number of carbonyl (C=O) groups is 2. The summed E-state index contributed by atoms with van der Waals surface area (Å²) in [5.41, 5.74) is 3.06. The summed E-state index contributed by atoms with van der Waals surface area (Å²) in [4.78, 5) is 26.5. The summed E-state index contributed by atoms with van der Waals surface area (Å²) in [5, 5.41) is 16.8. The zero-order chi connectivity index (χ0) is 22.0. The molecule has 7 nitrogen and oxygen atoms in total. The molecule has 0 unspecified atom stereocenters. The van der Waals surface area contributed by atoms with E-state index in [0.717, 1.165) is 25.9 Å². The first-order valence-corrected chi connectivity index (χ1v) is 10.6. The molecular formula is C24H27N3O4.